The minimum Gasteiger partial charge on any atom is -0.497 e. The fraction of sp³-hybridized carbons (Fsp3) is 0.323. The smallest absolute Gasteiger partial charge is 0.247 e. The predicted octanol–water partition coefficient (Wildman–Crippen LogP) is 7.34. The number of halogens is 1. The lowest BCUT2D eigenvalue weighted by atomic mass is 10.2. The minimum atomic E-state index is -0.601. The predicted molar refractivity (Wildman–Crippen MR) is 164 cm³/mol. The van der Waals surface area contributed by atoms with E-state index in [1.54, 1.807) is 43.5 Å². The Morgan fingerprint density at radius 2 is 1.68 bits per heavy atom. The molecule has 40 heavy (non-hydrogen) atoms. The van der Waals surface area contributed by atoms with Gasteiger partial charge in [-0.05, 0) is 72.6 Å². The van der Waals surface area contributed by atoms with Crippen molar-refractivity contribution in [2.24, 2.45) is 4.99 Å². The normalized spacial score (nSPS) is 15.4. The van der Waals surface area contributed by atoms with Gasteiger partial charge in [-0.2, -0.15) is 0 Å². The minimum absolute atomic E-state index is 0.0863. The molecule has 1 heterocycles. The lowest BCUT2D eigenvalue weighted by Gasteiger charge is -2.16. The number of anilines is 2. The van der Waals surface area contributed by atoms with Crippen LogP contribution in [0.2, 0.25) is 5.02 Å². The number of hydrogen-bond donors (Lipinski definition) is 1. The first kappa shape index (κ1) is 29.5. The van der Waals surface area contributed by atoms with Gasteiger partial charge in [-0.3, -0.25) is 14.6 Å². The van der Waals surface area contributed by atoms with Gasteiger partial charge >= 0.3 is 0 Å². The number of carbonyl (C=O) groups is 2. The molecule has 0 spiro atoms. The van der Waals surface area contributed by atoms with E-state index < -0.39 is 5.25 Å². The molecule has 1 fully saturated rings. The van der Waals surface area contributed by atoms with Crippen LogP contribution >= 0.6 is 23.4 Å². The van der Waals surface area contributed by atoms with Crippen LogP contribution in [0.3, 0.4) is 0 Å². The molecule has 210 valence electrons. The number of hydrogen-bond acceptors (Lipinski definition) is 6. The van der Waals surface area contributed by atoms with E-state index in [4.69, 9.17) is 26.1 Å². The lowest BCUT2D eigenvalue weighted by Crippen LogP contribution is -2.31. The molecule has 0 aromatic heterocycles. The molecule has 7 nitrogen and oxygen atoms in total. The van der Waals surface area contributed by atoms with Gasteiger partial charge in [-0.25, -0.2) is 4.90 Å². The third-order valence-electron chi connectivity index (χ3n) is 6.38. The average Bonchev–Trinajstić information content (AvgIpc) is 3.25. The molecule has 1 atom stereocenters. The topological polar surface area (TPSA) is 80.2 Å². The van der Waals surface area contributed by atoms with E-state index in [1.807, 2.05) is 36.4 Å². The maximum Gasteiger partial charge on any atom is 0.247 e. The van der Waals surface area contributed by atoms with Crippen molar-refractivity contribution in [2.45, 2.75) is 50.8 Å². The molecule has 3 aromatic carbocycles. The van der Waals surface area contributed by atoms with E-state index in [1.165, 1.54) is 29.5 Å². The lowest BCUT2D eigenvalue weighted by molar-refractivity contribution is -0.121. The summed E-state index contributed by atoms with van der Waals surface area (Å²) < 4.78 is 11.0. The van der Waals surface area contributed by atoms with Gasteiger partial charge in [0.05, 0.1) is 25.9 Å². The molecular formula is C31H34ClN3O4S. The Labute approximate surface area is 244 Å². The Hall–Kier alpha value is -3.49. The first-order chi connectivity index (χ1) is 19.5. The molecule has 1 N–H and O–H groups in total. The van der Waals surface area contributed by atoms with Gasteiger partial charge in [0.25, 0.3) is 0 Å². The molecule has 0 bridgehead atoms. The molecule has 2 amide bonds. The van der Waals surface area contributed by atoms with E-state index in [-0.39, 0.29) is 18.2 Å². The van der Waals surface area contributed by atoms with Gasteiger partial charge in [-0.15, -0.1) is 0 Å². The van der Waals surface area contributed by atoms with E-state index >= 15 is 0 Å². The molecule has 1 aliphatic rings. The largest absolute Gasteiger partial charge is 0.497 e. The van der Waals surface area contributed by atoms with Crippen molar-refractivity contribution in [2.75, 3.05) is 23.9 Å². The molecular weight excluding hydrogens is 546 g/mol. The zero-order valence-electron chi connectivity index (χ0n) is 22.8. The van der Waals surface area contributed by atoms with Crippen LogP contribution in [-0.2, 0) is 16.1 Å². The third-order valence-corrected chi connectivity index (χ3v) is 7.74. The standard InChI is InChI=1S/C31H34ClN3O4S/c1-3-4-5-6-19-39-27-17-13-25(14-18-27)35-29(36)20-28(30(35)37)40-31(34-24-11-9-23(32)10-12-24)33-21-22-7-15-26(38-2)16-8-22/h7-18,28H,3-6,19-21H2,1-2H3,(H,33,34)/t28-/m0/s1. The number of thioether (sulfide) groups is 1. The molecule has 0 saturated carbocycles. The number of amidine groups is 1. The molecule has 1 aliphatic heterocycles. The number of unbranched alkanes of at least 4 members (excludes halogenated alkanes) is 3. The summed E-state index contributed by atoms with van der Waals surface area (Å²) in [4.78, 5) is 32.3. The fourth-order valence-corrected chi connectivity index (χ4v) is 5.31. The van der Waals surface area contributed by atoms with Gasteiger partial charge in [0.2, 0.25) is 11.8 Å². The molecule has 0 aliphatic carbocycles. The number of rotatable bonds is 12. The average molecular weight is 580 g/mol. The number of imide groups is 1. The first-order valence-electron chi connectivity index (χ1n) is 13.4. The zero-order chi connectivity index (χ0) is 28.3. The Kier molecular flexibility index (Phi) is 10.9. The molecule has 0 unspecified atom stereocenters. The van der Waals surface area contributed by atoms with E-state index in [9.17, 15) is 9.59 Å². The van der Waals surface area contributed by atoms with Crippen LogP contribution in [0, 0.1) is 0 Å². The van der Waals surface area contributed by atoms with Crippen LogP contribution in [0.25, 0.3) is 0 Å². The summed E-state index contributed by atoms with van der Waals surface area (Å²) in [5, 5.41) is 3.85. The van der Waals surface area contributed by atoms with Gasteiger partial charge in [0.15, 0.2) is 5.17 Å². The summed E-state index contributed by atoms with van der Waals surface area (Å²) in [5.74, 6) is 0.990. The fourth-order valence-electron chi connectivity index (χ4n) is 4.17. The van der Waals surface area contributed by atoms with Gasteiger partial charge in [0, 0.05) is 17.1 Å². The Balaban J connectivity index is 1.44. The van der Waals surface area contributed by atoms with Crippen molar-refractivity contribution in [1.29, 1.82) is 0 Å². The van der Waals surface area contributed by atoms with E-state index in [0.29, 0.717) is 29.0 Å². The maximum absolute atomic E-state index is 13.4. The molecule has 4 rings (SSSR count). The summed E-state index contributed by atoms with van der Waals surface area (Å²) in [6.45, 7) is 3.22. The number of benzene rings is 3. The monoisotopic (exact) mass is 579 g/mol. The van der Waals surface area contributed by atoms with Crippen LogP contribution in [0.1, 0.15) is 44.6 Å². The van der Waals surface area contributed by atoms with Crippen LogP contribution in [0.15, 0.2) is 77.8 Å². The molecule has 0 radical (unpaired) electrons. The summed E-state index contributed by atoms with van der Waals surface area (Å²) in [7, 11) is 1.62. The summed E-state index contributed by atoms with van der Waals surface area (Å²) >= 11 is 7.30. The summed E-state index contributed by atoms with van der Waals surface area (Å²) in [6.07, 6.45) is 4.61. The Morgan fingerprint density at radius 3 is 2.35 bits per heavy atom. The van der Waals surface area contributed by atoms with Crippen molar-refractivity contribution in [3.63, 3.8) is 0 Å². The van der Waals surface area contributed by atoms with Gasteiger partial charge in [-0.1, -0.05) is 61.7 Å². The highest BCUT2D eigenvalue weighted by Crippen LogP contribution is 2.32. The second-order valence-electron chi connectivity index (χ2n) is 9.38. The molecule has 3 aromatic rings. The van der Waals surface area contributed by atoms with E-state index in [2.05, 4.69) is 12.2 Å². The van der Waals surface area contributed by atoms with Crippen molar-refractivity contribution in [1.82, 2.24) is 0 Å². The van der Waals surface area contributed by atoms with E-state index in [0.717, 1.165) is 35.6 Å². The number of nitrogens with one attached hydrogen (secondary N) is 1. The first-order valence-corrected chi connectivity index (χ1v) is 14.7. The number of aliphatic imine (C=N–C) groups is 1. The van der Waals surface area contributed by atoms with Crippen LogP contribution in [0.4, 0.5) is 11.4 Å². The number of carbonyl (C=O) groups excluding carboxylic acids is 2. The van der Waals surface area contributed by atoms with Crippen molar-refractivity contribution >= 4 is 51.7 Å². The SMILES string of the molecule is CCCCCCOc1ccc(N2C(=O)C[C@H](SC(=NCc3ccc(OC)cc3)Nc3ccc(Cl)cc3)C2=O)cc1. The number of nitrogens with zero attached hydrogens (tertiary/aromatic N) is 2. The maximum atomic E-state index is 13.4. The number of methoxy groups -OCH3 is 1. The highest BCUT2D eigenvalue weighted by atomic mass is 35.5. The third kappa shape index (κ3) is 8.26. The second-order valence-corrected chi connectivity index (χ2v) is 11.0. The van der Waals surface area contributed by atoms with Gasteiger partial charge in [0.1, 0.15) is 16.7 Å². The zero-order valence-corrected chi connectivity index (χ0v) is 24.3. The van der Waals surface area contributed by atoms with Crippen molar-refractivity contribution in [3.05, 3.63) is 83.4 Å². The van der Waals surface area contributed by atoms with Crippen molar-refractivity contribution in [3.8, 4) is 11.5 Å². The highest BCUT2D eigenvalue weighted by molar-refractivity contribution is 8.15. The summed E-state index contributed by atoms with van der Waals surface area (Å²) in [6, 6.07) is 22.0. The second kappa shape index (κ2) is 14.8. The number of ether oxygens (including phenoxy) is 2. The Morgan fingerprint density at radius 1 is 0.975 bits per heavy atom. The molecule has 1 saturated heterocycles. The van der Waals surface area contributed by atoms with Crippen LogP contribution in [0.5, 0.6) is 11.5 Å². The van der Waals surface area contributed by atoms with Crippen LogP contribution in [-0.4, -0.2) is 35.9 Å². The van der Waals surface area contributed by atoms with Gasteiger partial charge < -0.3 is 14.8 Å². The Bertz CT molecular complexity index is 1300. The van der Waals surface area contributed by atoms with Crippen molar-refractivity contribution < 1.29 is 19.1 Å². The summed E-state index contributed by atoms with van der Waals surface area (Å²) in [5.41, 5.74) is 2.31. The highest BCUT2D eigenvalue weighted by Gasteiger charge is 2.40. The van der Waals surface area contributed by atoms with Crippen LogP contribution < -0.4 is 19.7 Å². The number of amides is 2. The quantitative estimate of drug-likeness (QED) is 0.105. The molecule has 9 heteroatoms.